The van der Waals surface area contributed by atoms with E-state index in [1.54, 1.807) is 18.2 Å². The van der Waals surface area contributed by atoms with E-state index in [-0.39, 0.29) is 0 Å². The highest BCUT2D eigenvalue weighted by molar-refractivity contribution is 5.95. The standard InChI is InChI=1S/C26H23NO/c27-26(28)24-15-10-5-3-1-2-4-8-13-21-17-12-18-23-20-19-22(25(21)23)14-9-6-7-11-16-24/h1-19H,20H2,(H2,27,28). The van der Waals surface area contributed by atoms with Gasteiger partial charge in [0.25, 0.3) is 0 Å². The highest BCUT2D eigenvalue weighted by atomic mass is 16.1. The molecule has 0 aliphatic heterocycles. The van der Waals surface area contributed by atoms with Crippen LogP contribution in [0.5, 0.6) is 0 Å². The van der Waals surface area contributed by atoms with Crippen molar-refractivity contribution < 1.29 is 4.79 Å². The normalized spacial score (nSPS) is 16.1. The lowest BCUT2D eigenvalue weighted by molar-refractivity contribution is -0.114. The first kappa shape index (κ1) is 19.1. The number of allylic oxidation sites excluding steroid dienone is 15. The van der Waals surface area contributed by atoms with Gasteiger partial charge < -0.3 is 5.73 Å². The Hall–Kier alpha value is -3.65. The SMILES string of the molecule is NC(=O)C1=CC=CC=CC=CC=Cc2cccc3c2C(=CC3)C=CC=CC=C1. The molecule has 2 N–H and O–H groups in total. The van der Waals surface area contributed by atoms with E-state index in [9.17, 15) is 4.79 Å². The molecule has 0 saturated heterocycles. The summed E-state index contributed by atoms with van der Waals surface area (Å²) in [5.41, 5.74) is 11.0. The predicted molar refractivity (Wildman–Crippen MR) is 119 cm³/mol. The Morgan fingerprint density at radius 2 is 1.39 bits per heavy atom. The number of hydrogen-bond acceptors (Lipinski definition) is 1. The Morgan fingerprint density at radius 3 is 2.14 bits per heavy atom. The van der Waals surface area contributed by atoms with Crippen molar-refractivity contribution in [2.24, 2.45) is 5.73 Å². The zero-order valence-corrected chi connectivity index (χ0v) is 15.7. The van der Waals surface area contributed by atoms with Gasteiger partial charge in [0.2, 0.25) is 5.91 Å². The molecule has 0 aromatic heterocycles. The number of nitrogens with two attached hydrogens (primary N) is 1. The van der Waals surface area contributed by atoms with E-state index in [0.717, 1.165) is 6.42 Å². The van der Waals surface area contributed by atoms with Crippen LogP contribution in [0, 0.1) is 0 Å². The molecular formula is C26H23NO. The molecule has 2 nitrogen and oxygen atoms in total. The molecule has 0 radical (unpaired) electrons. The number of benzene rings is 1. The molecule has 2 heteroatoms. The van der Waals surface area contributed by atoms with Crippen LogP contribution in [0.25, 0.3) is 11.6 Å². The lowest BCUT2D eigenvalue weighted by Gasteiger charge is -2.06. The minimum atomic E-state index is -0.454. The number of primary amides is 1. The molecule has 0 bridgehead atoms. The second-order valence-corrected chi connectivity index (χ2v) is 6.35. The van der Waals surface area contributed by atoms with E-state index in [4.69, 9.17) is 5.73 Å². The zero-order chi connectivity index (χ0) is 19.6. The summed E-state index contributed by atoms with van der Waals surface area (Å²) in [4.78, 5) is 11.5. The molecule has 138 valence electrons. The number of rotatable bonds is 1. The first-order valence-corrected chi connectivity index (χ1v) is 9.28. The van der Waals surface area contributed by atoms with Gasteiger partial charge in [-0.05, 0) is 40.8 Å². The predicted octanol–water partition coefficient (Wildman–Crippen LogP) is 5.40. The van der Waals surface area contributed by atoms with Crippen LogP contribution in [-0.2, 0) is 11.2 Å². The molecule has 0 unspecified atom stereocenters. The fourth-order valence-electron chi connectivity index (χ4n) is 3.06. The lowest BCUT2D eigenvalue weighted by atomic mass is 9.98. The fourth-order valence-corrected chi connectivity index (χ4v) is 3.06. The van der Waals surface area contributed by atoms with Crippen LogP contribution in [-0.4, -0.2) is 5.91 Å². The minimum Gasteiger partial charge on any atom is -0.366 e. The van der Waals surface area contributed by atoms with Gasteiger partial charge in [-0.3, -0.25) is 4.79 Å². The molecule has 0 atom stereocenters. The maximum absolute atomic E-state index is 11.5. The quantitative estimate of drug-likeness (QED) is 0.711. The van der Waals surface area contributed by atoms with Crippen LogP contribution in [0.3, 0.4) is 0 Å². The van der Waals surface area contributed by atoms with Gasteiger partial charge in [0.15, 0.2) is 0 Å². The number of hydrogen-bond donors (Lipinski definition) is 1. The molecule has 1 aromatic carbocycles. The second-order valence-electron chi connectivity index (χ2n) is 6.35. The third-order valence-electron chi connectivity index (χ3n) is 4.40. The minimum absolute atomic E-state index is 0.451. The maximum atomic E-state index is 11.5. The van der Waals surface area contributed by atoms with Crippen LogP contribution in [0.2, 0.25) is 0 Å². The molecule has 28 heavy (non-hydrogen) atoms. The van der Waals surface area contributed by atoms with Gasteiger partial charge in [-0.1, -0.05) is 103 Å². The van der Waals surface area contributed by atoms with Gasteiger partial charge in [0, 0.05) is 5.57 Å². The molecule has 0 fully saturated rings. The summed E-state index contributed by atoms with van der Waals surface area (Å²) in [6.07, 6.45) is 32.1. The topological polar surface area (TPSA) is 43.1 Å². The molecule has 3 rings (SSSR count). The summed E-state index contributed by atoms with van der Waals surface area (Å²) in [5, 5.41) is 0. The summed E-state index contributed by atoms with van der Waals surface area (Å²) in [6.45, 7) is 0. The van der Waals surface area contributed by atoms with Crippen LogP contribution in [0.1, 0.15) is 16.7 Å². The van der Waals surface area contributed by atoms with Crippen molar-refractivity contribution in [1.29, 1.82) is 0 Å². The number of carbonyl (C=O) groups is 1. The average Bonchev–Trinajstić information content (AvgIpc) is 3.10. The number of amides is 1. The Balaban J connectivity index is 1.93. The number of carbonyl (C=O) groups excluding carboxylic acids is 1. The third-order valence-corrected chi connectivity index (χ3v) is 4.40. The highest BCUT2D eigenvalue weighted by Crippen LogP contribution is 2.32. The van der Waals surface area contributed by atoms with Crippen LogP contribution >= 0.6 is 0 Å². The maximum Gasteiger partial charge on any atom is 0.248 e. The largest absolute Gasteiger partial charge is 0.366 e. The highest BCUT2D eigenvalue weighted by Gasteiger charge is 2.14. The zero-order valence-electron chi connectivity index (χ0n) is 15.7. The van der Waals surface area contributed by atoms with Gasteiger partial charge >= 0.3 is 0 Å². The average molecular weight is 365 g/mol. The first-order valence-electron chi connectivity index (χ1n) is 9.28. The summed E-state index contributed by atoms with van der Waals surface area (Å²) >= 11 is 0. The molecule has 1 aromatic rings. The molecule has 0 spiro atoms. The van der Waals surface area contributed by atoms with Crippen molar-refractivity contribution in [2.45, 2.75) is 6.42 Å². The summed E-state index contributed by atoms with van der Waals surface area (Å²) in [5.74, 6) is -0.454. The first-order chi connectivity index (χ1) is 13.8. The summed E-state index contributed by atoms with van der Waals surface area (Å²) in [7, 11) is 0. The van der Waals surface area contributed by atoms with Gasteiger partial charge in [-0.15, -0.1) is 0 Å². The van der Waals surface area contributed by atoms with E-state index in [1.807, 2.05) is 60.8 Å². The van der Waals surface area contributed by atoms with E-state index in [0.29, 0.717) is 5.57 Å². The van der Waals surface area contributed by atoms with Crippen LogP contribution in [0.15, 0.2) is 115 Å². The van der Waals surface area contributed by atoms with Crippen molar-refractivity contribution in [2.75, 3.05) is 0 Å². The third kappa shape index (κ3) is 5.18. The van der Waals surface area contributed by atoms with Gasteiger partial charge in [0.05, 0.1) is 0 Å². The summed E-state index contributed by atoms with van der Waals surface area (Å²) < 4.78 is 0. The Bertz CT molecular complexity index is 1000. The molecule has 2 aliphatic carbocycles. The van der Waals surface area contributed by atoms with Gasteiger partial charge in [-0.2, -0.15) is 0 Å². The Morgan fingerprint density at radius 1 is 0.750 bits per heavy atom. The Kier molecular flexibility index (Phi) is 6.75. The van der Waals surface area contributed by atoms with Crippen molar-refractivity contribution in [3.8, 4) is 0 Å². The van der Waals surface area contributed by atoms with Crippen molar-refractivity contribution >= 4 is 17.6 Å². The molecule has 0 heterocycles. The van der Waals surface area contributed by atoms with E-state index < -0.39 is 5.91 Å². The molecule has 2 aliphatic rings. The lowest BCUT2D eigenvalue weighted by Crippen LogP contribution is -2.12. The van der Waals surface area contributed by atoms with E-state index in [2.05, 4.69) is 36.4 Å². The molecule has 0 saturated carbocycles. The van der Waals surface area contributed by atoms with E-state index in [1.165, 1.54) is 22.3 Å². The molecular weight excluding hydrogens is 342 g/mol. The van der Waals surface area contributed by atoms with Gasteiger partial charge in [0.1, 0.15) is 0 Å². The van der Waals surface area contributed by atoms with Crippen LogP contribution < -0.4 is 5.73 Å². The van der Waals surface area contributed by atoms with Crippen LogP contribution in [0.4, 0.5) is 0 Å². The van der Waals surface area contributed by atoms with Crippen molar-refractivity contribution in [1.82, 2.24) is 0 Å². The van der Waals surface area contributed by atoms with Gasteiger partial charge in [-0.25, -0.2) is 0 Å². The fraction of sp³-hybridized carbons (Fsp3) is 0.0385. The monoisotopic (exact) mass is 365 g/mol. The summed E-state index contributed by atoms with van der Waals surface area (Å²) in [6, 6.07) is 6.43. The second kappa shape index (κ2) is 9.89. The van der Waals surface area contributed by atoms with E-state index >= 15 is 0 Å². The van der Waals surface area contributed by atoms with Crippen molar-refractivity contribution in [3.05, 3.63) is 132 Å². The molecule has 1 amide bonds. The Labute approximate surface area is 166 Å². The van der Waals surface area contributed by atoms with Crippen molar-refractivity contribution in [3.63, 3.8) is 0 Å². The smallest absolute Gasteiger partial charge is 0.248 e.